The average Bonchev–Trinajstić information content (AvgIpc) is 2.14. The van der Waals surface area contributed by atoms with Crippen molar-refractivity contribution in [2.45, 2.75) is 0 Å². The number of benzene rings is 1. The normalized spacial score (nSPS) is 10.7. The van der Waals surface area contributed by atoms with E-state index in [1.54, 1.807) is 6.08 Å². The summed E-state index contributed by atoms with van der Waals surface area (Å²) >= 11 is 8.06. The molecule has 0 saturated carbocycles. The molecule has 0 amide bonds. The fourth-order valence-corrected chi connectivity index (χ4v) is 1.44. The Morgan fingerprint density at radius 3 is 2.79 bits per heavy atom. The molecule has 70 valence electrons. The van der Waals surface area contributed by atoms with E-state index in [0.29, 0.717) is 5.57 Å². The van der Waals surface area contributed by atoms with Crippen LogP contribution in [0.25, 0.3) is 6.08 Å². The van der Waals surface area contributed by atoms with E-state index in [1.165, 1.54) is 0 Å². The number of nitrogens with two attached hydrogens (primary N) is 1. The summed E-state index contributed by atoms with van der Waals surface area (Å²) in [6.45, 7) is 0. The first-order valence-electron chi connectivity index (χ1n) is 3.80. The number of halogens is 1. The molecule has 0 aliphatic heterocycles. The van der Waals surface area contributed by atoms with E-state index in [0.717, 1.165) is 10.0 Å². The Morgan fingerprint density at radius 2 is 2.29 bits per heavy atom. The maximum Gasteiger partial charge on any atom is 0.114 e. The number of rotatable bonds is 2. The molecule has 1 rings (SSSR count). The molecule has 0 aliphatic carbocycles. The van der Waals surface area contributed by atoms with Crippen molar-refractivity contribution in [1.29, 1.82) is 5.26 Å². The first-order valence-corrected chi connectivity index (χ1v) is 5.01. The van der Waals surface area contributed by atoms with Crippen LogP contribution in [0.2, 0.25) is 0 Å². The van der Waals surface area contributed by atoms with Gasteiger partial charge in [0.1, 0.15) is 11.1 Å². The second-order valence-corrected chi connectivity index (χ2v) is 3.94. The van der Waals surface area contributed by atoms with Gasteiger partial charge >= 0.3 is 0 Å². The second kappa shape index (κ2) is 4.89. The van der Waals surface area contributed by atoms with Gasteiger partial charge < -0.3 is 5.73 Å². The quantitative estimate of drug-likeness (QED) is 0.509. The van der Waals surface area contributed by atoms with Crippen molar-refractivity contribution in [3.05, 3.63) is 39.9 Å². The molecule has 4 heteroatoms. The van der Waals surface area contributed by atoms with Crippen LogP contribution in [0, 0.1) is 11.3 Å². The maximum atomic E-state index is 8.73. The molecule has 0 aliphatic rings. The van der Waals surface area contributed by atoms with Crippen molar-refractivity contribution >= 4 is 39.2 Å². The highest BCUT2D eigenvalue weighted by Crippen LogP contribution is 2.14. The van der Waals surface area contributed by atoms with Crippen molar-refractivity contribution < 1.29 is 0 Å². The van der Waals surface area contributed by atoms with Gasteiger partial charge in [-0.1, -0.05) is 40.3 Å². The Bertz CT molecular complexity index is 432. The van der Waals surface area contributed by atoms with Crippen molar-refractivity contribution in [2.75, 3.05) is 0 Å². The van der Waals surface area contributed by atoms with E-state index >= 15 is 0 Å². The van der Waals surface area contributed by atoms with Gasteiger partial charge in [-0.3, -0.25) is 0 Å². The largest absolute Gasteiger partial charge is 0.389 e. The van der Waals surface area contributed by atoms with Gasteiger partial charge in [-0.25, -0.2) is 0 Å². The fourth-order valence-electron chi connectivity index (χ4n) is 0.922. The number of nitrogens with zero attached hydrogens (tertiary/aromatic N) is 1. The molecule has 0 saturated heterocycles. The third-order valence-electron chi connectivity index (χ3n) is 1.55. The van der Waals surface area contributed by atoms with E-state index in [2.05, 4.69) is 15.9 Å². The highest BCUT2D eigenvalue weighted by Gasteiger charge is 1.99. The summed E-state index contributed by atoms with van der Waals surface area (Å²) in [5, 5.41) is 8.73. The van der Waals surface area contributed by atoms with Crippen LogP contribution in [0.1, 0.15) is 5.56 Å². The number of thiocarbonyl (C=S) groups is 1. The van der Waals surface area contributed by atoms with Crippen molar-refractivity contribution in [3.63, 3.8) is 0 Å². The highest BCUT2D eigenvalue weighted by molar-refractivity contribution is 9.10. The van der Waals surface area contributed by atoms with E-state index in [1.807, 2.05) is 30.3 Å². The summed E-state index contributed by atoms with van der Waals surface area (Å²) in [7, 11) is 0. The average molecular weight is 267 g/mol. The third-order valence-corrected chi connectivity index (χ3v) is 2.26. The van der Waals surface area contributed by atoms with Crippen molar-refractivity contribution in [1.82, 2.24) is 0 Å². The summed E-state index contributed by atoms with van der Waals surface area (Å²) in [5.74, 6) is 0. The SMILES string of the molecule is N#C/C(=C\c1cccc(Br)c1)C(N)=S. The molecule has 0 radical (unpaired) electrons. The Labute approximate surface area is 96.2 Å². The molecule has 0 unspecified atom stereocenters. The van der Waals surface area contributed by atoms with Crippen LogP contribution < -0.4 is 5.73 Å². The molecule has 0 bridgehead atoms. The second-order valence-electron chi connectivity index (χ2n) is 2.59. The van der Waals surface area contributed by atoms with Crippen LogP contribution in [0.3, 0.4) is 0 Å². The molecule has 1 aromatic rings. The van der Waals surface area contributed by atoms with Gasteiger partial charge in [-0.05, 0) is 23.8 Å². The number of hydrogen-bond donors (Lipinski definition) is 1. The van der Waals surface area contributed by atoms with Gasteiger partial charge in [0.15, 0.2) is 0 Å². The third kappa shape index (κ3) is 2.95. The predicted molar refractivity (Wildman–Crippen MR) is 64.5 cm³/mol. The minimum Gasteiger partial charge on any atom is -0.389 e. The summed E-state index contributed by atoms with van der Waals surface area (Å²) < 4.78 is 0.950. The zero-order chi connectivity index (χ0) is 10.6. The molecule has 0 spiro atoms. The van der Waals surface area contributed by atoms with Gasteiger partial charge in [0.05, 0.1) is 5.57 Å². The van der Waals surface area contributed by atoms with Crippen LogP contribution in [0.5, 0.6) is 0 Å². The van der Waals surface area contributed by atoms with Crippen LogP contribution in [-0.2, 0) is 0 Å². The lowest BCUT2D eigenvalue weighted by Crippen LogP contribution is -2.09. The molecular weight excluding hydrogens is 260 g/mol. The number of hydrogen-bond acceptors (Lipinski definition) is 2. The van der Waals surface area contributed by atoms with Gasteiger partial charge in [0.2, 0.25) is 0 Å². The summed E-state index contributed by atoms with van der Waals surface area (Å²) in [6, 6.07) is 9.50. The van der Waals surface area contributed by atoms with Gasteiger partial charge in [-0.15, -0.1) is 0 Å². The topological polar surface area (TPSA) is 49.8 Å². The molecule has 0 heterocycles. The minimum absolute atomic E-state index is 0.118. The molecule has 0 atom stereocenters. The first kappa shape index (κ1) is 10.9. The molecule has 2 nitrogen and oxygen atoms in total. The number of nitriles is 1. The molecule has 0 aromatic heterocycles. The van der Waals surface area contributed by atoms with Crippen LogP contribution in [-0.4, -0.2) is 4.99 Å². The van der Waals surface area contributed by atoms with Crippen LogP contribution in [0.4, 0.5) is 0 Å². The van der Waals surface area contributed by atoms with E-state index in [-0.39, 0.29) is 4.99 Å². The standard InChI is InChI=1S/C10H7BrN2S/c11-9-3-1-2-7(5-9)4-8(6-12)10(13)14/h1-5H,(H2,13,14)/b8-4+. The summed E-state index contributed by atoms with van der Waals surface area (Å²) in [5.41, 5.74) is 6.57. The van der Waals surface area contributed by atoms with Gasteiger partial charge in [0.25, 0.3) is 0 Å². The zero-order valence-electron chi connectivity index (χ0n) is 7.20. The van der Waals surface area contributed by atoms with Gasteiger partial charge in [0, 0.05) is 4.47 Å². The summed E-state index contributed by atoms with van der Waals surface area (Å²) in [6.07, 6.45) is 1.66. The molecule has 1 aromatic carbocycles. The molecular formula is C10H7BrN2S. The smallest absolute Gasteiger partial charge is 0.114 e. The summed E-state index contributed by atoms with van der Waals surface area (Å²) in [4.78, 5) is 0.118. The lowest BCUT2D eigenvalue weighted by Gasteiger charge is -1.96. The van der Waals surface area contributed by atoms with Crippen LogP contribution >= 0.6 is 28.1 Å². The monoisotopic (exact) mass is 266 g/mol. The molecule has 0 fully saturated rings. The highest BCUT2D eigenvalue weighted by atomic mass is 79.9. The Kier molecular flexibility index (Phi) is 3.81. The molecule has 2 N–H and O–H groups in total. The Balaban J connectivity index is 3.08. The Hall–Kier alpha value is -1.18. The van der Waals surface area contributed by atoms with E-state index in [4.69, 9.17) is 23.2 Å². The Morgan fingerprint density at radius 1 is 1.57 bits per heavy atom. The minimum atomic E-state index is 0.118. The predicted octanol–water partition coefficient (Wildman–Crippen LogP) is 2.64. The first-order chi connectivity index (χ1) is 6.63. The zero-order valence-corrected chi connectivity index (χ0v) is 9.60. The van der Waals surface area contributed by atoms with E-state index < -0.39 is 0 Å². The lowest BCUT2D eigenvalue weighted by molar-refractivity contribution is 1.51. The fraction of sp³-hybridized carbons (Fsp3) is 0. The van der Waals surface area contributed by atoms with E-state index in [9.17, 15) is 0 Å². The van der Waals surface area contributed by atoms with Crippen LogP contribution in [0.15, 0.2) is 34.3 Å². The van der Waals surface area contributed by atoms with Gasteiger partial charge in [-0.2, -0.15) is 5.26 Å². The molecule has 14 heavy (non-hydrogen) atoms. The lowest BCUT2D eigenvalue weighted by atomic mass is 10.1. The van der Waals surface area contributed by atoms with Crippen molar-refractivity contribution in [3.8, 4) is 6.07 Å². The van der Waals surface area contributed by atoms with Crippen molar-refractivity contribution in [2.24, 2.45) is 5.73 Å². The maximum absolute atomic E-state index is 8.73.